The maximum atomic E-state index is 12.4. The zero-order valence-electron chi connectivity index (χ0n) is 15.0. The molecule has 0 unspecified atom stereocenters. The number of likely N-dealkylation sites (N-methyl/N-ethyl adjacent to an activating group) is 1. The maximum absolute atomic E-state index is 12.4. The summed E-state index contributed by atoms with van der Waals surface area (Å²) in [5, 5.41) is 0. The summed E-state index contributed by atoms with van der Waals surface area (Å²) >= 11 is 0. The highest BCUT2D eigenvalue weighted by Crippen LogP contribution is 2.42. The fourth-order valence-corrected chi connectivity index (χ4v) is 3.70. The second-order valence-electron chi connectivity index (χ2n) is 7.23. The van der Waals surface area contributed by atoms with Crippen LogP contribution >= 0.6 is 0 Å². The molecule has 130 valence electrons. The number of morpholine rings is 1. The average molecular weight is 337 g/mol. The molecular formula is C20H23N3O2. The number of anilines is 2. The molecule has 1 aromatic heterocycles. The van der Waals surface area contributed by atoms with Crippen molar-refractivity contribution in [2.75, 3.05) is 43.2 Å². The highest BCUT2D eigenvalue weighted by molar-refractivity contribution is 6.07. The molecule has 5 heteroatoms. The molecule has 1 fully saturated rings. The summed E-state index contributed by atoms with van der Waals surface area (Å²) in [6.07, 6.45) is 1.91. The Labute approximate surface area is 148 Å². The van der Waals surface area contributed by atoms with Crippen LogP contribution in [0.2, 0.25) is 0 Å². The smallest absolute Gasteiger partial charge is 0.236 e. The summed E-state index contributed by atoms with van der Waals surface area (Å²) < 4.78 is 5.39. The predicted molar refractivity (Wildman–Crippen MR) is 99.1 cm³/mol. The van der Waals surface area contributed by atoms with Crippen LogP contribution in [0.1, 0.15) is 19.4 Å². The number of ether oxygens (including phenoxy) is 1. The van der Waals surface area contributed by atoms with E-state index in [9.17, 15) is 4.79 Å². The van der Waals surface area contributed by atoms with E-state index in [4.69, 9.17) is 4.74 Å². The van der Waals surface area contributed by atoms with Crippen molar-refractivity contribution in [3.8, 4) is 11.1 Å². The molecule has 2 aliphatic heterocycles. The van der Waals surface area contributed by atoms with Crippen molar-refractivity contribution in [1.82, 2.24) is 4.98 Å². The van der Waals surface area contributed by atoms with Gasteiger partial charge in [0, 0.05) is 37.6 Å². The molecule has 3 heterocycles. The van der Waals surface area contributed by atoms with Crippen molar-refractivity contribution in [3.63, 3.8) is 0 Å². The molecule has 0 N–H and O–H groups in total. The lowest BCUT2D eigenvalue weighted by Crippen LogP contribution is -2.36. The van der Waals surface area contributed by atoms with E-state index in [1.165, 1.54) is 0 Å². The minimum atomic E-state index is -0.457. The monoisotopic (exact) mass is 337 g/mol. The first-order valence-corrected chi connectivity index (χ1v) is 8.70. The van der Waals surface area contributed by atoms with Crippen molar-refractivity contribution < 1.29 is 9.53 Å². The van der Waals surface area contributed by atoms with Gasteiger partial charge < -0.3 is 14.5 Å². The van der Waals surface area contributed by atoms with Crippen LogP contribution in [-0.4, -0.2) is 44.2 Å². The first-order valence-electron chi connectivity index (χ1n) is 8.70. The van der Waals surface area contributed by atoms with Crippen molar-refractivity contribution >= 4 is 17.4 Å². The molecule has 0 saturated carbocycles. The van der Waals surface area contributed by atoms with Crippen molar-refractivity contribution in [1.29, 1.82) is 0 Å². The van der Waals surface area contributed by atoms with Crippen molar-refractivity contribution in [2.45, 2.75) is 19.3 Å². The number of benzene rings is 1. The van der Waals surface area contributed by atoms with Crippen molar-refractivity contribution in [3.05, 3.63) is 42.1 Å². The zero-order valence-corrected chi connectivity index (χ0v) is 15.0. The molecule has 25 heavy (non-hydrogen) atoms. The zero-order chi connectivity index (χ0) is 17.6. The molecule has 1 aromatic carbocycles. The number of amides is 1. The number of hydrogen-bond donors (Lipinski definition) is 0. The van der Waals surface area contributed by atoms with Crippen LogP contribution in [0.4, 0.5) is 11.5 Å². The fourth-order valence-electron chi connectivity index (χ4n) is 3.70. The molecule has 0 aliphatic carbocycles. The Morgan fingerprint density at radius 3 is 2.48 bits per heavy atom. The summed E-state index contributed by atoms with van der Waals surface area (Å²) in [6, 6.07) is 10.4. The third-order valence-corrected chi connectivity index (χ3v) is 5.29. The van der Waals surface area contributed by atoms with E-state index in [0.29, 0.717) is 0 Å². The third-order valence-electron chi connectivity index (χ3n) is 5.29. The van der Waals surface area contributed by atoms with Gasteiger partial charge in [-0.15, -0.1) is 0 Å². The second kappa shape index (κ2) is 5.85. The highest BCUT2D eigenvalue weighted by atomic mass is 16.5. The minimum absolute atomic E-state index is 0.139. The Kier molecular flexibility index (Phi) is 3.76. The average Bonchev–Trinajstić information content (AvgIpc) is 2.83. The van der Waals surface area contributed by atoms with Gasteiger partial charge in [0.2, 0.25) is 5.91 Å². The van der Waals surface area contributed by atoms with Crippen LogP contribution < -0.4 is 9.80 Å². The Balaban J connectivity index is 1.64. The van der Waals surface area contributed by atoms with E-state index in [1.807, 2.05) is 27.1 Å². The summed E-state index contributed by atoms with van der Waals surface area (Å²) in [4.78, 5) is 21.1. The van der Waals surface area contributed by atoms with Gasteiger partial charge >= 0.3 is 0 Å². The number of fused-ring (bicyclic) bond motifs is 1. The Morgan fingerprint density at radius 2 is 1.80 bits per heavy atom. The van der Waals surface area contributed by atoms with Gasteiger partial charge in [-0.05, 0) is 43.2 Å². The number of carbonyl (C=O) groups excluding carboxylic acids is 1. The predicted octanol–water partition coefficient (Wildman–Crippen LogP) is 2.84. The van der Waals surface area contributed by atoms with Crippen LogP contribution in [-0.2, 0) is 14.9 Å². The molecule has 2 aliphatic rings. The Bertz CT molecular complexity index is 808. The first kappa shape index (κ1) is 16.1. The number of carbonyl (C=O) groups is 1. The van der Waals surface area contributed by atoms with Gasteiger partial charge in [-0.3, -0.25) is 4.79 Å². The number of hydrogen-bond acceptors (Lipinski definition) is 4. The largest absolute Gasteiger partial charge is 0.378 e. The lowest BCUT2D eigenvalue weighted by molar-refractivity contribution is -0.121. The molecule has 1 amide bonds. The maximum Gasteiger partial charge on any atom is 0.236 e. The number of aromatic nitrogens is 1. The van der Waals surface area contributed by atoms with Crippen LogP contribution in [0, 0.1) is 0 Å². The minimum Gasteiger partial charge on any atom is -0.378 e. The summed E-state index contributed by atoms with van der Waals surface area (Å²) in [5.41, 5.74) is 3.76. The molecular weight excluding hydrogens is 314 g/mol. The van der Waals surface area contributed by atoms with Gasteiger partial charge in [0.15, 0.2) is 0 Å². The van der Waals surface area contributed by atoms with Gasteiger partial charge in [0.05, 0.1) is 18.6 Å². The fraction of sp³-hybridized carbons (Fsp3) is 0.400. The van der Waals surface area contributed by atoms with Crippen LogP contribution in [0.3, 0.4) is 0 Å². The number of pyridine rings is 1. The molecule has 0 bridgehead atoms. The van der Waals surface area contributed by atoms with Gasteiger partial charge in [-0.25, -0.2) is 4.98 Å². The number of rotatable bonds is 2. The lowest BCUT2D eigenvalue weighted by atomic mass is 9.85. The lowest BCUT2D eigenvalue weighted by Gasteiger charge is -2.27. The van der Waals surface area contributed by atoms with Gasteiger partial charge in [0.25, 0.3) is 0 Å². The third kappa shape index (κ3) is 2.59. The quantitative estimate of drug-likeness (QED) is 0.845. The summed E-state index contributed by atoms with van der Waals surface area (Å²) in [7, 11) is 1.85. The van der Waals surface area contributed by atoms with Gasteiger partial charge in [-0.2, -0.15) is 0 Å². The van der Waals surface area contributed by atoms with Crippen LogP contribution in [0.25, 0.3) is 11.1 Å². The van der Waals surface area contributed by atoms with E-state index in [2.05, 4.69) is 40.2 Å². The van der Waals surface area contributed by atoms with E-state index in [0.717, 1.165) is 54.5 Å². The van der Waals surface area contributed by atoms with Gasteiger partial charge in [-0.1, -0.05) is 12.1 Å². The molecule has 0 spiro atoms. The molecule has 2 aromatic rings. The normalized spacial score (nSPS) is 19.2. The number of nitrogens with zero attached hydrogens (tertiary/aromatic N) is 3. The SMILES string of the molecule is CN1C(=O)C(C)(C)c2ccc(-c3ccc(N4CCOCC4)nc3)cc21. The van der Waals surface area contributed by atoms with E-state index < -0.39 is 5.41 Å². The van der Waals surface area contributed by atoms with E-state index >= 15 is 0 Å². The second-order valence-corrected chi connectivity index (χ2v) is 7.23. The highest BCUT2D eigenvalue weighted by Gasteiger charge is 2.42. The van der Waals surface area contributed by atoms with Gasteiger partial charge in [0.1, 0.15) is 5.82 Å². The Morgan fingerprint density at radius 1 is 1.08 bits per heavy atom. The Hall–Kier alpha value is -2.40. The van der Waals surface area contributed by atoms with Crippen LogP contribution in [0.15, 0.2) is 36.5 Å². The van der Waals surface area contributed by atoms with Crippen molar-refractivity contribution in [2.24, 2.45) is 0 Å². The molecule has 4 rings (SSSR count). The topological polar surface area (TPSA) is 45.7 Å². The van der Waals surface area contributed by atoms with E-state index in [-0.39, 0.29) is 5.91 Å². The summed E-state index contributed by atoms with van der Waals surface area (Å²) in [5.74, 6) is 1.13. The molecule has 1 saturated heterocycles. The first-order chi connectivity index (χ1) is 12.0. The van der Waals surface area contributed by atoms with Crippen LogP contribution in [0.5, 0.6) is 0 Å². The molecule has 5 nitrogen and oxygen atoms in total. The van der Waals surface area contributed by atoms with E-state index in [1.54, 1.807) is 4.90 Å². The summed E-state index contributed by atoms with van der Waals surface area (Å²) in [6.45, 7) is 7.24. The molecule has 0 radical (unpaired) electrons. The molecule has 0 atom stereocenters. The standard InChI is InChI=1S/C20H23N3O2/c1-20(2)16-6-4-14(12-17(16)22(3)19(20)24)15-5-7-18(21-13-15)23-8-10-25-11-9-23/h4-7,12-13H,8-11H2,1-3H3.